The van der Waals surface area contributed by atoms with Crippen LogP contribution in [0.5, 0.6) is 0 Å². The lowest BCUT2D eigenvalue weighted by Gasteiger charge is -2.12. The Morgan fingerprint density at radius 1 is 1.09 bits per heavy atom. The number of pyridine rings is 1. The smallest absolute Gasteiger partial charge is 0.284 e. The number of nitrogens with zero attached hydrogens (tertiary/aromatic N) is 3. The molecule has 0 saturated heterocycles. The van der Waals surface area contributed by atoms with Crippen molar-refractivity contribution in [3.63, 3.8) is 0 Å². The Labute approximate surface area is 136 Å². The summed E-state index contributed by atoms with van der Waals surface area (Å²) in [7, 11) is 0. The number of hydrogen-bond donors (Lipinski definition) is 1. The summed E-state index contributed by atoms with van der Waals surface area (Å²) in [4.78, 5) is 13.3. The molecule has 0 aliphatic heterocycles. The molecule has 23 heavy (non-hydrogen) atoms. The summed E-state index contributed by atoms with van der Waals surface area (Å²) >= 11 is 11.3. The van der Waals surface area contributed by atoms with Gasteiger partial charge in [0.2, 0.25) is 0 Å². The third kappa shape index (κ3) is 2.60. The first kappa shape index (κ1) is 15.6. The second kappa shape index (κ2) is 5.71. The van der Waals surface area contributed by atoms with E-state index in [2.05, 4.69) is 10.3 Å². The number of nitrogens with one attached hydrogen (secondary N) is 1. The van der Waals surface area contributed by atoms with Gasteiger partial charge in [0.25, 0.3) is 5.56 Å². The third-order valence-corrected chi connectivity index (χ3v) is 3.49. The summed E-state index contributed by atoms with van der Waals surface area (Å²) in [5.41, 5.74) is -2.73. The number of aromatic nitrogens is 4. The lowest BCUT2D eigenvalue weighted by molar-refractivity contribution is 0.564. The SMILES string of the molecule is O=c1[nH]cc(F)c(-c2c(-n3cc(Cl)nn3)ccc(Cl)c2F)c1F. The largest absolute Gasteiger partial charge is 0.324 e. The molecule has 3 rings (SSSR count). The van der Waals surface area contributed by atoms with Gasteiger partial charge in [0.15, 0.2) is 16.8 Å². The minimum absolute atomic E-state index is 0.0156. The molecule has 0 spiro atoms. The van der Waals surface area contributed by atoms with E-state index in [-0.39, 0.29) is 15.9 Å². The lowest BCUT2D eigenvalue weighted by atomic mass is 10.0. The van der Waals surface area contributed by atoms with Crippen LogP contribution < -0.4 is 5.56 Å². The maximum absolute atomic E-state index is 14.5. The minimum atomic E-state index is -1.49. The van der Waals surface area contributed by atoms with Crippen molar-refractivity contribution in [3.05, 3.63) is 62.5 Å². The Morgan fingerprint density at radius 2 is 1.83 bits per heavy atom. The zero-order chi connectivity index (χ0) is 16.7. The van der Waals surface area contributed by atoms with Crippen molar-refractivity contribution in [2.45, 2.75) is 0 Å². The predicted molar refractivity (Wildman–Crippen MR) is 77.3 cm³/mol. The van der Waals surface area contributed by atoms with Gasteiger partial charge >= 0.3 is 0 Å². The van der Waals surface area contributed by atoms with E-state index in [9.17, 15) is 18.0 Å². The zero-order valence-corrected chi connectivity index (χ0v) is 12.5. The molecule has 0 amide bonds. The number of H-pyrrole nitrogens is 1. The molecule has 2 aromatic heterocycles. The van der Waals surface area contributed by atoms with Crippen molar-refractivity contribution < 1.29 is 13.2 Å². The maximum Gasteiger partial charge on any atom is 0.284 e. The van der Waals surface area contributed by atoms with E-state index in [4.69, 9.17) is 23.2 Å². The number of rotatable bonds is 2. The van der Waals surface area contributed by atoms with Crippen LogP contribution in [0.2, 0.25) is 10.2 Å². The number of benzene rings is 1. The van der Waals surface area contributed by atoms with Crippen molar-refractivity contribution in [2.75, 3.05) is 0 Å². The first-order chi connectivity index (χ1) is 10.9. The number of hydrogen-bond acceptors (Lipinski definition) is 3. The zero-order valence-electron chi connectivity index (χ0n) is 10.9. The predicted octanol–water partition coefficient (Wildman–Crippen LogP) is 3.35. The first-order valence-corrected chi connectivity index (χ1v) is 6.79. The highest BCUT2D eigenvalue weighted by molar-refractivity contribution is 6.31. The van der Waals surface area contributed by atoms with Crippen LogP contribution in [-0.4, -0.2) is 20.0 Å². The van der Waals surface area contributed by atoms with E-state index < -0.39 is 34.1 Å². The Bertz CT molecular complexity index is 970. The summed E-state index contributed by atoms with van der Waals surface area (Å²) in [5.74, 6) is -3.77. The molecule has 2 heterocycles. The fourth-order valence-electron chi connectivity index (χ4n) is 2.04. The van der Waals surface area contributed by atoms with Crippen LogP contribution in [0.4, 0.5) is 13.2 Å². The van der Waals surface area contributed by atoms with Crippen molar-refractivity contribution in [3.8, 4) is 16.8 Å². The summed E-state index contributed by atoms with van der Waals surface area (Å²) in [6, 6.07) is 2.44. The van der Waals surface area contributed by atoms with Crippen molar-refractivity contribution >= 4 is 23.2 Å². The van der Waals surface area contributed by atoms with Gasteiger partial charge in [-0.3, -0.25) is 4.79 Å². The second-order valence-corrected chi connectivity index (χ2v) is 5.19. The van der Waals surface area contributed by atoms with Gasteiger partial charge in [-0.2, -0.15) is 0 Å². The first-order valence-electron chi connectivity index (χ1n) is 6.03. The standard InChI is InChI=1S/C13H5Cl2F3N4O/c14-5-1-2-7(22-4-8(15)20-21-22)10(11(5)17)9-6(16)3-19-13(23)12(9)18/h1-4H,(H,19,23). The van der Waals surface area contributed by atoms with Gasteiger partial charge in [-0.05, 0) is 12.1 Å². The summed E-state index contributed by atoms with van der Waals surface area (Å²) in [6.07, 6.45) is 1.83. The van der Waals surface area contributed by atoms with Crippen molar-refractivity contribution in [1.82, 2.24) is 20.0 Å². The molecule has 0 radical (unpaired) electrons. The molecular formula is C13H5Cl2F3N4O. The van der Waals surface area contributed by atoms with Gasteiger partial charge in [-0.1, -0.05) is 28.4 Å². The van der Waals surface area contributed by atoms with Crippen LogP contribution in [-0.2, 0) is 0 Å². The van der Waals surface area contributed by atoms with Gasteiger partial charge < -0.3 is 4.98 Å². The van der Waals surface area contributed by atoms with Crippen LogP contribution in [0.25, 0.3) is 16.8 Å². The van der Waals surface area contributed by atoms with Crippen LogP contribution in [0.3, 0.4) is 0 Å². The fraction of sp³-hybridized carbons (Fsp3) is 0. The molecule has 0 aliphatic rings. The highest BCUT2D eigenvalue weighted by atomic mass is 35.5. The number of halogens is 5. The van der Waals surface area contributed by atoms with Crippen LogP contribution in [0, 0.1) is 17.5 Å². The van der Waals surface area contributed by atoms with Gasteiger partial charge in [0.1, 0.15) is 5.82 Å². The van der Waals surface area contributed by atoms with Gasteiger partial charge in [0.05, 0.1) is 28.0 Å². The summed E-state index contributed by atoms with van der Waals surface area (Å²) in [5, 5.41) is 6.73. The molecule has 0 bridgehead atoms. The van der Waals surface area contributed by atoms with Crippen LogP contribution >= 0.6 is 23.2 Å². The van der Waals surface area contributed by atoms with E-state index >= 15 is 0 Å². The van der Waals surface area contributed by atoms with E-state index in [0.29, 0.717) is 6.20 Å². The summed E-state index contributed by atoms with van der Waals surface area (Å²) in [6.45, 7) is 0. The normalized spacial score (nSPS) is 11.0. The quantitative estimate of drug-likeness (QED) is 0.762. The highest BCUT2D eigenvalue weighted by Gasteiger charge is 2.24. The molecule has 0 saturated carbocycles. The second-order valence-electron chi connectivity index (χ2n) is 4.40. The molecule has 1 N–H and O–H groups in total. The Hall–Kier alpha value is -2.32. The van der Waals surface area contributed by atoms with Gasteiger partial charge in [-0.15, -0.1) is 5.10 Å². The Kier molecular flexibility index (Phi) is 3.87. The lowest BCUT2D eigenvalue weighted by Crippen LogP contribution is -2.14. The topological polar surface area (TPSA) is 63.6 Å². The summed E-state index contributed by atoms with van der Waals surface area (Å²) < 4.78 is 43.6. The maximum atomic E-state index is 14.5. The Morgan fingerprint density at radius 3 is 2.48 bits per heavy atom. The van der Waals surface area contributed by atoms with Crippen LogP contribution in [0.15, 0.2) is 29.3 Å². The molecule has 1 aromatic carbocycles. The molecular weight excluding hydrogens is 356 g/mol. The van der Waals surface area contributed by atoms with Gasteiger partial charge in [0, 0.05) is 6.20 Å². The molecule has 3 aromatic rings. The monoisotopic (exact) mass is 360 g/mol. The average Bonchev–Trinajstić information content (AvgIpc) is 2.94. The van der Waals surface area contributed by atoms with Crippen molar-refractivity contribution in [1.29, 1.82) is 0 Å². The number of aromatic amines is 1. The molecule has 0 aliphatic carbocycles. The van der Waals surface area contributed by atoms with Crippen LogP contribution in [0.1, 0.15) is 0 Å². The average molecular weight is 361 g/mol. The van der Waals surface area contributed by atoms with E-state index in [1.165, 1.54) is 18.3 Å². The molecule has 0 atom stereocenters. The molecule has 10 heteroatoms. The van der Waals surface area contributed by atoms with E-state index in [0.717, 1.165) is 4.68 Å². The third-order valence-electron chi connectivity index (χ3n) is 3.02. The van der Waals surface area contributed by atoms with E-state index in [1.54, 1.807) is 0 Å². The van der Waals surface area contributed by atoms with Crippen molar-refractivity contribution in [2.24, 2.45) is 0 Å². The minimum Gasteiger partial charge on any atom is -0.324 e. The molecule has 5 nitrogen and oxygen atoms in total. The molecule has 0 fully saturated rings. The van der Waals surface area contributed by atoms with E-state index in [1.807, 2.05) is 4.98 Å². The molecule has 0 unspecified atom stereocenters. The molecule has 118 valence electrons. The Balaban J connectivity index is 2.42. The fourth-order valence-corrected chi connectivity index (χ4v) is 2.33. The highest BCUT2D eigenvalue weighted by Crippen LogP contribution is 2.35. The van der Waals surface area contributed by atoms with Gasteiger partial charge in [-0.25, -0.2) is 17.9 Å².